The van der Waals surface area contributed by atoms with Crippen LogP contribution in [0.25, 0.3) is 0 Å². The third-order valence-corrected chi connectivity index (χ3v) is 6.77. The van der Waals surface area contributed by atoms with E-state index < -0.39 is 57.9 Å². The molecule has 50 heavy (non-hydrogen) atoms. The Morgan fingerprint density at radius 2 is 0.700 bits per heavy atom. The lowest BCUT2D eigenvalue weighted by Gasteiger charge is -2.45. The summed E-state index contributed by atoms with van der Waals surface area (Å²) < 4.78 is 28.1. The largest absolute Gasteiger partial charge is 0.459 e. The van der Waals surface area contributed by atoms with Gasteiger partial charge in [-0.15, -0.1) is 0 Å². The Morgan fingerprint density at radius 1 is 0.460 bits per heavy atom. The maximum Gasteiger partial charge on any atom is 0.320 e. The fourth-order valence-corrected chi connectivity index (χ4v) is 5.58. The number of piperidine rings is 1. The van der Waals surface area contributed by atoms with Gasteiger partial charge in [0.05, 0.1) is 32.7 Å². The molecule has 0 saturated carbocycles. The minimum atomic E-state index is -0.725. The van der Waals surface area contributed by atoms with Gasteiger partial charge in [-0.25, -0.2) is 0 Å². The van der Waals surface area contributed by atoms with Gasteiger partial charge in [-0.05, 0) is 117 Å². The summed E-state index contributed by atoms with van der Waals surface area (Å²) in [7, 11) is 0. The van der Waals surface area contributed by atoms with Crippen molar-refractivity contribution < 1.29 is 47.7 Å². The van der Waals surface area contributed by atoms with Crippen LogP contribution >= 0.6 is 0 Å². The Balaban J connectivity index is 3.49. The second-order valence-electron chi connectivity index (χ2n) is 18.2. The monoisotopic (exact) mass is 713 g/mol. The topological polar surface area (TPSA) is 141 Å². The molecule has 1 saturated heterocycles. The van der Waals surface area contributed by atoms with E-state index in [2.05, 4.69) is 0 Å². The fraction of sp³-hybridized carbons (Fsp3) is 0.865. The van der Waals surface area contributed by atoms with Crippen LogP contribution in [-0.2, 0) is 47.7 Å². The molecule has 0 aromatic heterocycles. The van der Waals surface area contributed by atoms with Gasteiger partial charge in [0.1, 0.15) is 28.0 Å². The van der Waals surface area contributed by atoms with Gasteiger partial charge in [-0.2, -0.15) is 0 Å². The first-order chi connectivity index (χ1) is 22.4. The molecule has 0 bridgehead atoms. The summed E-state index contributed by atoms with van der Waals surface area (Å²) in [5.41, 5.74) is -3.62. The van der Waals surface area contributed by atoms with Crippen LogP contribution < -0.4 is 0 Å². The maximum absolute atomic E-state index is 13.3. The van der Waals surface area contributed by atoms with Crippen molar-refractivity contribution in [2.75, 3.05) is 45.8 Å². The number of rotatable bonds is 14. The molecule has 1 aliphatic heterocycles. The van der Waals surface area contributed by atoms with Gasteiger partial charge in [0.2, 0.25) is 0 Å². The van der Waals surface area contributed by atoms with Crippen molar-refractivity contribution in [3.05, 3.63) is 0 Å². The Hall–Kier alpha value is -2.77. The molecule has 290 valence electrons. The molecule has 0 aromatic carbocycles. The summed E-state index contributed by atoms with van der Waals surface area (Å²) in [5.74, 6) is -2.41. The number of likely N-dealkylation sites (tertiary alicyclic amines) is 1. The van der Waals surface area contributed by atoms with E-state index in [9.17, 15) is 24.0 Å². The molecule has 0 unspecified atom stereocenters. The number of carbonyl (C=O) groups excluding carboxylic acids is 5. The fourth-order valence-electron chi connectivity index (χ4n) is 5.58. The summed E-state index contributed by atoms with van der Waals surface area (Å²) in [6, 6.07) is -0.591. The van der Waals surface area contributed by atoms with E-state index in [0.29, 0.717) is 12.8 Å². The van der Waals surface area contributed by atoms with Crippen molar-refractivity contribution in [2.45, 2.75) is 163 Å². The Morgan fingerprint density at radius 3 is 0.940 bits per heavy atom. The van der Waals surface area contributed by atoms with Crippen molar-refractivity contribution in [1.82, 2.24) is 14.7 Å². The molecule has 0 spiro atoms. The smallest absolute Gasteiger partial charge is 0.320 e. The SMILES string of the molecule is CC(C)(C)OC(=O)CN(CC(=O)OC(C)(C)C)C[C@H]1CCC[C@@H](CN(CC(=O)OC(C)(C)C)CC(=O)OC(C)(C)C)N1CC(=O)OC(C)(C)C. The predicted octanol–water partition coefficient (Wildman–Crippen LogP) is 4.52. The Labute approximate surface area is 301 Å². The summed E-state index contributed by atoms with van der Waals surface area (Å²) >= 11 is 0. The lowest BCUT2D eigenvalue weighted by Crippen LogP contribution is -2.58. The molecule has 13 heteroatoms. The zero-order valence-corrected chi connectivity index (χ0v) is 33.6. The summed E-state index contributed by atoms with van der Waals surface area (Å²) in [4.78, 5) is 70.8. The van der Waals surface area contributed by atoms with E-state index >= 15 is 0 Å². The van der Waals surface area contributed by atoms with Crippen LogP contribution in [0, 0.1) is 0 Å². The molecule has 1 aliphatic rings. The maximum atomic E-state index is 13.3. The van der Waals surface area contributed by atoms with Crippen LogP contribution in [0.5, 0.6) is 0 Å². The van der Waals surface area contributed by atoms with E-state index in [1.165, 1.54) is 0 Å². The molecule has 2 atom stereocenters. The molecule has 13 nitrogen and oxygen atoms in total. The lowest BCUT2D eigenvalue weighted by atomic mass is 9.94. The zero-order valence-electron chi connectivity index (χ0n) is 33.6. The van der Waals surface area contributed by atoms with Gasteiger partial charge >= 0.3 is 29.8 Å². The zero-order chi connectivity index (χ0) is 38.9. The molecule has 1 fully saturated rings. The van der Waals surface area contributed by atoms with Crippen LogP contribution in [0.2, 0.25) is 0 Å². The van der Waals surface area contributed by atoms with Crippen molar-refractivity contribution in [2.24, 2.45) is 0 Å². The number of nitrogens with zero attached hydrogens (tertiary/aromatic N) is 3. The standard InChI is InChI=1S/C37H67N3O10/c1-33(2,3)46-28(41)21-38(22-29(42)47-34(4,5)6)19-26-17-16-18-27(40(26)25-32(45)50-37(13,14)15)20-39(23-30(43)48-35(7,8)9)24-31(44)49-36(10,11)12/h26-27H,16-25H2,1-15H3/t26-,27+. The first kappa shape index (κ1) is 45.3. The van der Waals surface area contributed by atoms with Crippen molar-refractivity contribution in [3.63, 3.8) is 0 Å². The molecule has 0 radical (unpaired) electrons. The number of carbonyl (C=O) groups is 5. The highest BCUT2D eigenvalue weighted by Gasteiger charge is 2.37. The van der Waals surface area contributed by atoms with Gasteiger partial charge < -0.3 is 23.7 Å². The molecule has 0 aromatic rings. The van der Waals surface area contributed by atoms with E-state index in [1.54, 1.807) is 114 Å². The lowest BCUT2D eigenvalue weighted by molar-refractivity contribution is -0.163. The van der Waals surface area contributed by atoms with Gasteiger partial charge in [0, 0.05) is 25.2 Å². The second-order valence-corrected chi connectivity index (χ2v) is 18.2. The predicted molar refractivity (Wildman–Crippen MR) is 190 cm³/mol. The van der Waals surface area contributed by atoms with E-state index in [4.69, 9.17) is 23.7 Å². The molecule has 0 aliphatic carbocycles. The van der Waals surface area contributed by atoms with Crippen LogP contribution in [-0.4, -0.2) is 130 Å². The number of ether oxygens (including phenoxy) is 5. The Kier molecular flexibility index (Phi) is 16.4. The molecule has 0 amide bonds. The minimum absolute atomic E-state index is 0.0773. The molecular weight excluding hydrogens is 646 g/mol. The molecule has 1 heterocycles. The third kappa shape index (κ3) is 21.4. The van der Waals surface area contributed by atoms with Gasteiger partial charge in [0.25, 0.3) is 0 Å². The van der Waals surface area contributed by atoms with Crippen molar-refractivity contribution in [1.29, 1.82) is 0 Å². The number of hydrogen-bond donors (Lipinski definition) is 0. The van der Waals surface area contributed by atoms with Crippen molar-refractivity contribution >= 4 is 29.8 Å². The van der Waals surface area contributed by atoms with E-state index in [-0.39, 0.29) is 57.9 Å². The van der Waals surface area contributed by atoms with Gasteiger partial charge in [0.15, 0.2) is 0 Å². The van der Waals surface area contributed by atoms with E-state index in [1.807, 2.05) is 4.90 Å². The summed E-state index contributed by atoms with van der Waals surface area (Å²) in [5, 5.41) is 0. The van der Waals surface area contributed by atoms with Crippen LogP contribution in [0.4, 0.5) is 0 Å². The average Bonchev–Trinajstić information content (AvgIpc) is 2.79. The highest BCUT2D eigenvalue weighted by molar-refractivity contribution is 5.76. The van der Waals surface area contributed by atoms with Crippen LogP contribution in [0.1, 0.15) is 123 Å². The first-order valence-electron chi connectivity index (χ1n) is 17.7. The second kappa shape index (κ2) is 18.1. The number of esters is 5. The Bertz CT molecular complexity index is 1020. The van der Waals surface area contributed by atoms with Gasteiger partial charge in [-0.3, -0.25) is 38.7 Å². The summed E-state index contributed by atoms with van der Waals surface area (Å²) in [6.45, 7) is 26.4. The highest BCUT2D eigenvalue weighted by Crippen LogP contribution is 2.26. The normalized spacial score (nSPS) is 18.1. The van der Waals surface area contributed by atoms with E-state index in [0.717, 1.165) is 6.42 Å². The molecular formula is C37H67N3O10. The first-order valence-corrected chi connectivity index (χ1v) is 17.7. The molecule has 0 N–H and O–H groups in total. The molecule has 1 rings (SSSR count). The quantitative estimate of drug-likeness (QED) is 0.184. The van der Waals surface area contributed by atoms with Crippen LogP contribution in [0.3, 0.4) is 0 Å². The average molecular weight is 714 g/mol. The minimum Gasteiger partial charge on any atom is -0.459 e. The third-order valence-electron chi connectivity index (χ3n) is 6.77. The summed E-state index contributed by atoms with van der Waals surface area (Å²) in [6.07, 6.45) is 2.09. The van der Waals surface area contributed by atoms with Crippen molar-refractivity contribution in [3.8, 4) is 0 Å². The highest BCUT2D eigenvalue weighted by atomic mass is 16.6. The number of hydrogen-bond acceptors (Lipinski definition) is 13. The van der Waals surface area contributed by atoms with Crippen LogP contribution in [0.15, 0.2) is 0 Å². The van der Waals surface area contributed by atoms with Gasteiger partial charge in [-0.1, -0.05) is 6.42 Å².